The van der Waals surface area contributed by atoms with Gasteiger partial charge in [-0.15, -0.1) is 24.0 Å². The highest BCUT2D eigenvalue weighted by Gasteiger charge is 2.15. The van der Waals surface area contributed by atoms with Crippen LogP contribution in [0.25, 0.3) is 0 Å². The van der Waals surface area contributed by atoms with E-state index in [4.69, 9.17) is 25.8 Å². The molecular weight excluding hydrogens is 481 g/mol. The Morgan fingerprint density at radius 3 is 2.85 bits per heavy atom. The van der Waals surface area contributed by atoms with Gasteiger partial charge in [0.25, 0.3) is 0 Å². The maximum absolute atomic E-state index is 6.16. The molecule has 1 aromatic rings. The fourth-order valence-electron chi connectivity index (χ4n) is 2.59. The summed E-state index contributed by atoms with van der Waals surface area (Å²) in [5.41, 5.74) is 0. The van der Waals surface area contributed by atoms with Gasteiger partial charge < -0.3 is 24.8 Å². The molecule has 0 saturated carbocycles. The fraction of sp³-hybridized carbons (Fsp3) is 0.632. The monoisotopic (exact) mass is 511 g/mol. The van der Waals surface area contributed by atoms with Crippen LogP contribution < -0.4 is 15.4 Å². The highest BCUT2D eigenvalue weighted by atomic mass is 127. The second kappa shape index (κ2) is 14.3. The van der Waals surface area contributed by atoms with E-state index in [1.165, 1.54) is 0 Å². The Balaban J connectivity index is 0.00000364. The van der Waals surface area contributed by atoms with Crippen LogP contribution in [0.1, 0.15) is 26.2 Å². The molecule has 1 aliphatic rings. The fourth-order valence-corrected chi connectivity index (χ4v) is 2.77. The normalized spacial score (nSPS) is 17.9. The van der Waals surface area contributed by atoms with E-state index in [-0.39, 0.29) is 36.2 Å². The topological polar surface area (TPSA) is 64.1 Å². The molecule has 0 radical (unpaired) electrons. The molecule has 154 valence electrons. The molecule has 2 rings (SSSR count). The number of nitrogens with zero attached hydrogens (tertiary/aromatic N) is 1. The molecule has 0 aliphatic carbocycles. The van der Waals surface area contributed by atoms with E-state index in [1.54, 1.807) is 7.05 Å². The van der Waals surface area contributed by atoms with Gasteiger partial charge in [0.05, 0.1) is 24.3 Å². The lowest BCUT2D eigenvalue weighted by atomic mass is 10.2. The number of benzene rings is 1. The van der Waals surface area contributed by atoms with Crippen LogP contribution in [0.2, 0.25) is 5.02 Å². The van der Waals surface area contributed by atoms with Crippen molar-refractivity contribution >= 4 is 41.5 Å². The van der Waals surface area contributed by atoms with Crippen LogP contribution in [0, 0.1) is 0 Å². The molecule has 1 aliphatic heterocycles. The summed E-state index contributed by atoms with van der Waals surface area (Å²) in [6, 6.07) is 7.52. The van der Waals surface area contributed by atoms with Crippen molar-refractivity contribution in [1.29, 1.82) is 0 Å². The lowest BCUT2D eigenvalue weighted by molar-refractivity contribution is 0.0420. The predicted molar refractivity (Wildman–Crippen MR) is 121 cm³/mol. The lowest BCUT2D eigenvalue weighted by Gasteiger charge is -2.20. The summed E-state index contributed by atoms with van der Waals surface area (Å²) in [4.78, 5) is 4.25. The van der Waals surface area contributed by atoms with Crippen LogP contribution in [0.4, 0.5) is 0 Å². The van der Waals surface area contributed by atoms with E-state index >= 15 is 0 Å². The number of halogens is 2. The predicted octanol–water partition coefficient (Wildman–Crippen LogP) is 3.48. The van der Waals surface area contributed by atoms with Gasteiger partial charge in [0, 0.05) is 26.8 Å². The van der Waals surface area contributed by atoms with Gasteiger partial charge in [0.2, 0.25) is 0 Å². The standard InChI is InChI=1S/C19H30ClN3O3.HI/c1-3-15(26-18-8-5-4-7-17(18)20)13-23-19(21-2)22-10-6-11-25-16-9-12-24-14-16;/h4-5,7-8,15-16H,3,6,9-14H2,1-2H3,(H2,21,22,23);1H. The van der Waals surface area contributed by atoms with Crippen molar-refractivity contribution in [2.45, 2.75) is 38.4 Å². The van der Waals surface area contributed by atoms with Crippen LogP contribution in [-0.4, -0.2) is 58.1 Å². The number of nitrogens with one attached hydrogen (secondary N) is 2. The van der Waals surface area contributed by atoms with Crippen LogP contribution in [0.5, 0.6) is 5.75 Å². The van der Waals surface area contributed by atoms with Gasteiger partial charge in [-0.25, -0.2) is 0 Å². The molecule has 0 aromatic heterocycles. The molecule has 1 heterocycles. The van der Waals surface area contributed by atoms with E-state index in [0.717, 1.165) is 51.6 Å². The molecule has 1 saturated heterocycles. The highest BCUT2D eigenvalue weighted by Crippen LogP contribution is 2.24. The Morgan fingerprint density at radius 2 is 2.19 bits per heavy atom. The van der Waals surface area contributed by atoms with Crippen molar-refractivity contribution in [3.8, 4) is 5.75 Å². The zero-order valence-electron chi connectivity index (χ0n) is 16.1. The average Bonchev–Trinajstić information content (AvgIpc) is 3.17. The van der Waals surface area contributed by atoms with Gasteiger partial charge in [-0.3, -0.25) is 4.99 Å². The molecule has 0 bridgehead atoms. The third kappa shape index (κ3) is 9.32. The maximum Gasteiger partial charge on any atom is 0.191 e. The smallest absolute Gasteiger partial charge is 0.191 e. The first-order valence-corrected chi connectivity index (χ1v) is 9.65. The van der Waals surface area contributed by atoms with Crippen molar-refractivity contribution in [2.75, 3.05) is 40.0 Å². The Bertz CT molecular complexity index is 557. The van der Waals surface area contributed by atoms with Gasteiger partial charge in [-0.05, 0) is 31.4 Å². The Labute approximate surface area is 184 Å². The van der Waals surface area contributed by atoms with Crippen molar-refractivity contribution in [2.24, 2.45) is 4.99 Å². The van der Waals surface area contributed by atoms with Crippen LogP contribution in [0.15, 0.2) is 29.3 Å². The summed E-state index contributed by atoms with van der Waals surface area (Å²) in [5, 5.41) is 7.22. The number of hydrogen-bond acceptors (Lipinski definition) is 4. The van der Waals surface area contributed by atoms with Gasteiger partial charge >= 0.3 is 0 Å². The van der Waals surface area contributed by atoms with E-state index in [2.05, 4.69) is 22.5 Å². The van der Waals surface area contributed by atoms with Gasteiger partial charge in [0.1, 0.15) is 11.9 Å². The third-order valence-corrected chi connectivity index (χ3v) is 4.47. The van der Waals surface area contributed by atoms with Crippen molar-refractivity contribution in [3.63, 3.8) is 0 Å². The summed E-state index contributed by atoms with van der Waals surface area (Å²) < 4.78 is 17.0. The second-order valence-corrected chi connectivity index (χ2v) is 6.58. The quantitative estimate of drug-likeness (QED) is 0.218. The summed E-state index contributed by atoms with van der Waals surface area (Å²) in [6.07, 6.45) is 3.07. The first-order chi connectivity index (χ1) is 12.7. The largest absolute Gasteiger partial charge is 0.487 e. The number of para-hydroxylation sites is 1. The van der Waals surface area contributed by atoms with Gasteiger partial charge in [-0.1, -0.05) is 30.7 Å². The highest BCUT2D eigenvalue weighted by molar-refractivity contribution is 14.0. The number of ether oxygens (including phenoxy) is 3. The summed E-state index contributed by atoms with van der Waals surface area (Å²) in [5.74, 6) is 1.47. The molecule has 8 heteroatoms. The third-order valence-electron chi connectivity index (χ3n) is 4.16. The molecule has 0 spiro atoms. The summed E-state index contributed by atoms with van der Waals surface area (Å²) >= 11 is 6.16. The second-order valence-electron chi connectivity index (χ2n) is 6.17. The minimum absolute atomic E-state index is 0. The van der Waals surface area contributed by atoms with E-state index < -0.39 is 0 Å². The Kier molecular flexibility index (Phi) is 12.8. The summed E-state index contributed by atoms with van der Waals surface area (Å²) in [6.45, 7) is 5.80. The average molecular weight is 512 g/mol. The first kappa shape index (κ1) is 24.3. The van der Waals surface area contributed by atoms with Gasteiger partial charge in [-0.2, -0.15) is 0 Å². The molecule has 2 N–H and O–H groups in total. The number of rotatable bonds is 10. The molecule has 27 heavy (non-hydrogen) atoms. The number of aliphatic imine (C=N–C) groups is 1. The Hall–Kier alpha value is -0.770. The number of guanidine groups is 1. The molecule has 2 unspecified atom stereocenters. The van der Waals surface area contributed by atoms with E-state index in [9.17, 15) is 0 Å². The van der Waals surface area contributed by atoms with Gasteiger partial charge in [0.15, 0.2) is 5.96 Å². The minimum atomic E-state index is 0. The first-order valence-electron chi connectivity index (χ1n) is 9.28. The minimum Gasteiger partial charge on any atom is -0.487 e. The van der Waals surface area contributed by atoms with Crippen LogP contribution in [-0.2, 0) is 9.47 Å². The van der Waals surface area contributed by atoms with E-state index in [1.807, 2.05) is 24.3 Å². The summed E-state index contributed by atoms with van der Waals surface area (Å²) in [7, 11) is 1.76. The number of hydrogen-bond donors (Lipinski definition) is 2. The van der Waals surface area contributed by atoms with Crippen LogP contribution in [0.3, 0.4) is 0 Å². The van der Waals surface area contributed by atoms with Crippen molar-refractivity contribution in [3.05, 3.63) is 29.3 Å². The molecule has 1 fully saturated rings. The lowest BCUT2D eigenvalue weighted by Crippen LogP contribution is -2.43. The zero-order valence-corrected chi connectivity index (χ0v) is 19.2. The van der Waals surface area contributed by atoms with Crippen molar-refractivity contribution < 1.29 is 14.2 Å². The molecule has 6 nitrogen and oxygen atoms in total. The molecule has 2 atom stereocenters. The maximum atomic E-state index is 6.16. The SMILES string of the molecule is CCC(CNC(=NC)NCCCOC1CCOC1)Oc1ccccc1Cl.I. The molecule has 1 aromatic carbocycles. The van der Waals surface area contributed by atoms with Crippen molar-refractivity contribution in [1.82, 2.24) is 10.6 Å². The Morgan fingerprint density at radius 1 is 1.37 bits per heavy atom. The molecular formula is C19H31ClIN3O3. The van der Waals surface area contributed by atoms with E-state index in [0.29, 0.717) is 17.3 Å². The molecule has 0 amide bonds. The zero-order chi connectivity index (χ0) is 18.6. The van der Waals surface area contributed by atoms with Crippen LogP contribution >= 0.6 is 35.6 Å².